The SMILES string of the molecule is C/C(=C\n1c2c(c3cc(C)ccc31)CN(C)CC2)c1ccc(C(F)(F)F)nc1.CCCc1ccc(/C(C)=C/n2c3c(c4cc(C)ccc42)CN(C)CC3)cn1.Cc1ccc2c(c1)c1c(n2C#Cc2ccc(S(N)(=O)=O)cc2)CCN(C)C1.Cc1ccc2c(c1)c1c(n2C#Cc2ccc(S(N)(=O)=O)s2)CCN(C)C1. The second-order valence-electron chi connectivity index (χ2n) is 29.2. The number of halogens is 3. The van der Waals surface area contributed by atoms with Gasteiger partial charge in [0.15, 0.2) is 0 Å². The second-order valence-corrected chi connectivity index (χ2v) is 33.6. The third-order valence-corrected chi connectivity index (χ3v) is 24.0. The summed E-state index contributed by atoms with van der Waals surface area (Å²) in [5.41, 5.74) is 25.5. The summed E-state index contributed by atoms with van der Waals surface area (Å²) in [5.74, 6) is 6.26. The highest BCUT2D eigenvalue weighted by Crippen LogP contribution is 2.38. The smallest absolute Gasteiger partial charge is 0.320 e. The minimum Gasteiger partial charge on any atom is -0.320 e. The molecule has 0 aliphatic carbocycles. The number of aryl methyl sites for hydroxylation is 5. The minimum absolute atomic E-state index is 0.0929. The molecule has 4 aliphatic heterocycles. The third-order valence-electron chi connectivity index (χ3n) is 20.6. The Morgan fingerprint density at radius 3 is 1.30 bits per heavy atom. The zero-order valence-corrected chi connectivity index (χ0v) is 65.5. The number of sulfonamides is 2. The zero-order valence-electron chi connectivity index (χ0n) is 63.0. The number of hydrogen-bond acceptors (Lipinski definition) is 11. The van der Waals surface area contributed by atoms with Crippen molar-refractivity contribution in [3.8, 4) is 23.9 Å². The minimum atomic E-state index is -4.42. The molecule has 7 aromatic heterocycles. The molecule has 0 radical (unpaired) electrons. The summed E-state index contributed by atoms with van der Waals surface area (Å²) in [7, 11) is 1.25. The monoisotopic (exact) mass is 1510 g/mol. The number of nitrogens with zero attached hydrogens (tertiary/aromatic N) is 10. The summed E-state index contributed by atoms with van der Waals surface area (Å²) in [6.07, 6.45) is 9.34. The molecule has 16 rings (SSSR count). The summed E-state index contributed by atoms with van der Waals surface area (Å²) in [5, 5.41) is 15.5. The number of nitrogens with two attached hydrogens (primary N) is 2. The van der Waals surface area contributed by atoms with Gasteiger partial charge in [-0.2, -0.15) is 13.2 Å². The first-order valence-corrected chi connectivity index (χ1v) is 40.3. The molecule has 11 heterocycles. The Hall–Kier alpha value is -9.69. The summed E-state index contributed by atoms with van der Waals surface area (Å²) in [6, 6.07) is 49.1. The Morgan fingerprint density at radius 1 is 0.500 bits per heavy atom. The van der Waals surface area contributed by atoms with E-state index in [0.29, 0.717) is 10.4 Å². The normalized spacial score (nSPS) is 15.2. The molecule has 0 fully saturated rings. The van der Waals surface area contributed by atoms with E-state index in [9.17, 15) is 30.0 Å². The molecular weight excluding hydrogens is 1420 g/mol. The Morgan fingerprint density at radius 2 is 0.907 bits per heavy atom. The van der Waals surface area contributed by atoms with Crippen LogP contribution in [0.3, 0.4) is 0 Å². The molecule has 0 saturated heterocycles. The first-order chi connectivity index (χ1) is 51.5. The fourth-order valence-corrected chi connectivity index (χ4v) is 17.0. The Bertz CT molecular complexity index is 5880. The summed E-state index contributed by atoms with van der Waals surface area (Å²) in [6.45, 7) is 22.6. The van der Waals surface area contributed by atoms with E-state index in [2.05, 4.69) is 233 Å². The van der Waals surface area contributed by atoms with Crippen LogP contribution in [-0.2, 0) is 84.5 Å². The molecular formula is C86H91F3N12O4S3. The van der Waals surface area contributed by atoms with Crippen molar-refractivity contribution in [2.45, 2.75) is 128 Å². The van der Waals surface area contributed by atoms with E-state index in [-0.39, 0.29) is 9.10 Å². The lowest BCUT2D eigenvalue weighted by atomic mass is 10.0. The summed E-state index contributed by atoms with van der Waals surface area (Å²) in [4.78, 5) is 18.4. The van der Waals surface area contributed by atoms with Crippen LogP contribution in [0, 0.1) is 51.6 Å². The van der Waals surface area contributed by atoms with Crippen LogP contribution in [0.1, 0.15) is 127 Å². The molecule has 0 spiro atoms. The lowest BCUT2D eigenvalue weighted by molar-refractivity contribution is -0.141. The molecule has 0 saturated carbocycles. The molecule has 0 amide bonds. The van der Waals surface area contributed by atoms with Crippen molar-refractivity contribution in [1.29, 1.82) is 0 Å². The van der Waals surface area contributed by atoms with Crippen LogP contribution in [0.5, 0.6) is 0 Å². The van der Waals surface area contributed by atoms with E-state index in [0.717, 1.165) is 136 Å². The molecule has 16 nitrogen and oxygen atoms in total. The van der Waals surface area contributed by atoms with Gasteiger partial charge >= 0.3 is 6.18 Å². The van der Waals surface area contributed by atoms with Crippen molar-refractivity contribution < 1.29 is 30.0 Å². The lowest BCUT2D eigenvalue weighted by Gasteiger charge is -2.23. The molecule has 5 aromatic carbocycles. The van der Waals surface area contributed by atoms with Crippen LogP contribution in [0.2, 0.25) is 0 Å². The fourth-order valence-electron chi connectivity index (χ4n) is 14.9. The first-order valence-electron chi connectivity index (χ1n) is 36.4. The predicted molar refractivity (Wildman–Crippen MR) is 432 cm³/mol. The number of thiophene rings is 1. The molecule has 108 heavy (non-hydrogen) atoms. The van der Waals surface area contributed by atoms with Gasteiger partial charge in [-0.1, -0.05) is 72.0 Å². The second kappa shape index (κ2) is 31.5. The highest BCUT2D eigenvalue weighted by molar-refractivity contribution is 7.91. The third kappa shape index (κ3) is 16.8. The van der Waals surface area contributed by atoms with Crippen molar-refractivity contribution in [3.05, 3.63) is 246 Å². The molecule has 0 unspecified atom stereocenters. The van der Waals surface area contributed by atoms with Crippen LogP contribution in [0.25, 0.3) is 67.2 Å². The van der Waals surface area contributed by atoms with Gasteiger partial charge in [-0.15, -0.1) is 11.3 Å². The Kier molecular flexibility index (Phi) is 22.3. The van der Waals surface area contributed by atoms with Crippen LogP contribution in [0.15, 0.2) is 155 Å². The fraction of sp³-hybridized carbons (Fsp3) is 0.302. The number of hydrogen-bond donors (Lipinski definition) is 2. The molecule has 558 valence electrons. The van der Waals surface area contributed by atoms with E-state index in [1.165, 1.54) is 142 Å². The number of alkyl halides is 3. The van der Waals surface area contributed by atoms with Crippen LogP contribution >= 0.6 is 11.3 Å². The van der Waals surface area contributed by atoms with Crippen molar-refractivity contribution in [3.63, 3.8) is 0 Å². The van der Waals surface area contributed by atoms with Gasteiger partial charge in [0.2, 0.25) is 20.0 Å². The van der Waals surface area contributed by atoms with E-state index in [1.807, 2.05) is 19.3 Å². The van der Waals surface area contributed by atoms with Gasteiger partial charge in [0.25, 0.3) is 0 Å². The van der Waals surface area contributed by atoms with Crippen molar-refractivity contribution >= 4 is 98.5 Å². The maximum absolute atomic E-state index is 12.8. The summed E-state index contributed by atoms with van der Waals surface area (Å²) < 4.78 is 92.9. The molecule has 0 atom stereocenters. The maximum Gasteiger partial charge on any atom is 0.433 e. The maximum atomic E-state index is 12.8. The van der Waals surface area contributed by atoms with E-state index in [4.69, 9.17) is 10.3 Å². The number of pyridine rings is 2. The lowest BCUT2D eigenvalue weighted by Crippen LogP contribution is -2.27. The van der Waals surface area contributed by atoms with E-state index < -0.39 is 31.9 Å². The molecule has 4 aliphatic rings. The number of primary sulfonamides is 2. The zero-order chi connectivity index (χ0) is 76.7. The van der Waals surface area contributed by atoms with Crippen molar-refractivity contribution in [1.82, 2.24) is 47.8 Å². The molecule has 12 aromatic rings. The Balaban J connectivity index is 0.000000127. The molecule has 0 bridgehead atoms. The topological polar surface area (TPSA) is 179 Å². The summed E-state index contributed by atoms with van der Waals surface area (Å²) >= 11 is 1.10. The highest BCUT2D eigenvalue weighted by atomic mass is 32.2. The van der Waals surface area contributed by atoms with Gasteiger partial charge in [0, 0.05) is 171 Å². The van der Waals surface area contributed by atoms with Crippen molar-refractivity contribution in [2.24, 2.45) is 10.3 Å². The van der Waals surface area contributed by atoms with E-state index >= 15 is 0 Å². The molecule has 4 N–H and O–H groups in total. The van der Waals surface area contributed by atoms with Crippen molar-refractivity contribution in [2.75, 3.05) is 54.4 Å². The highest BCUT2D eigenvalue weighted by Gasteiger charge is 2.33. The number of rotatable bonds is 8. The van der Waals surface area contributed by atoms with Crippen LogP contribution < -0.4 is 10.3 Å². The quantitative estimate of drug-likeness (QED) is 0.139. The number of fused-ring (bicyclic) bond motifs is 12. The van der Waals surface area contributed by atoms with Gasteiger partial charge < -0.3 is 28.7 Å². The number of benzene rings is 5. The average Bonchev–Trinajstić information content (AvgIpc) is 1.62. The van der Waals surface area contributed by atoms with E-state index in [1.54, 1.807) is 18.2 Å². The average molecular weight is 1510 g/mol. The predicted octanol–water partition coefficient (Wildman–Crippen LogP) is 15.6. The molecule has 22 heteroatoms. The van der Waals surface area contributed by atoms with Crippen LogP contribution in [-0.4, -0.2) is 119 Å². The van der Waals surface area contributed by atoms with Gasteiger partial charge in [-0.05, 0) is 230 Å². The number of likely N-dealkylation sites (N-methyl/N-ethyl adjacent to an activating group) is 4. The van der Waals surface area contributed by atoms with Gasteiger partial charge in [-0.25, -0.2) is 27.1 Å². The van der Waals surface area contributed by atoms with Gasteiger partial charge in [-0.3, -0.25) is 19.1 Å². The van der Waals surface area contributed by atoms with Crippen LogP contribution in [0.4, 0.5) is 13.2 Å². The largest absolute Gasteiger partial charge is 0.433 e. The van der Waals surface area contributed by atoms with Gasteiger partial charge in [0.1, 0.15) is 9.90 Å². The number of aromatic nitrogens is 6. The first kappa shape index (κ1) is 76.5. The standard InChI is InChI=1S/C24H29N3.C22H22F3N3.C21H21N3O2S.C19H19N3O2S2/c1-5-6-20-9-8-19(14-25-20)18(3)15-27-23-10-7-17(2)13-21(23)22-16-26(4)12-11-24(22)27;1-14-4-6-19-17(10-14)18-13-27(3)9-8-20(18)28(19)12-15(2)16-5-7-21(26-11-16)22(23,24)25;1-15-3-8-20-18(13-15)19-14-23(2)11-10-21(19)24(20)12-9-16-4-6-17(7-5-16)27(22,25)26;1-13-3-5-17-15(11-13)16-12-21(2)9-8-18(16)22(17)10-7-14-4-6-19(25-14)26(20,23)24/h7-10,13-15H,5-6,11-12,16H2,1-4H3;4-7,10-12H,8-9,13H2,1-3H3;3-8,13H,10-11,14H2,1-2H3,(H2,22,25,26);3-6,11H,8-9,12H2,1-2H3,(H2,20,23,24)/b18-15+;15-12+;;. The number of allylic oxidation sites excluding steroid dienone is 2. The Labute approximate surface area is 635 Å². The van der Waals surface area contributed by atoms with Gasteiger partial charge in [0.05, 0.1) is 31.8 Å².